The monoisotopic (exact) mass is 147 g/mol. The Morgan fingerprint density at radius 2 is 2.36 bits per heavy atom. The third-order valence-electron chi connectivity index (χ3n) is 1.50. The lowest BCUT2D eigenvalue weighted by atomic mass is 10.1. The first kappa shape index (κ1) is 7.86. The molecule has 1 heteroatoms. The van der Waals surface area contributed by atoms with Crippen LogP contribution in [-0.4, -0.2) is 0 Å². The third-order valence-corrected chi connectivity index (χ3v) is 1.50. The Labute approximate surface area is 67.6 Å². The fraction of sp³-hybridized carbons (Fsp3) is 0.200. The van der Waals surface area contributed by atoms with Gasteiger partial charge in [0.1, 0.15) is 0 Å². The fourth-order valence-electron chi connectivity index (χ4n) is 0.804. The van der Waals surface area contributed by atoms with Gasteiger partial charge in [0.15, 0.2) is 0 Å². The van der Waals surface area contributed by atoms with Gasteiger partial charge < -0.3 is 5.73 Å². The molecule has 0 spiro atoms. The Hall–Kier alpha value is -1.24. The molecule has 1 rings (SSSR count). The topological polar surface area (TPSA) is 26.0 Å². The zero-order chi connectivity index (χ0) is 8.27. The number of hydrogen-bond donors (Lipinski definition) is 1. The van der Waals surface area contributed by atoms with E-state index in [0.29, 0.717) is 5.70 Å². The Kier molecular flexibility index (Phi) is 2.32. The second-order valence-electron chi connectivity index (χ2n) is 2.61. The molecule has 0 fully saturated rings. The summed E-state index contributed by atoms with van der Waals surface area (Å²) < 4.78 is 0. The molecule has 0 saturated carbocycles. The van der Waals surface area contributed by atoms with Crippen LogP contribution in [0.25, 0.3) is 0 Å². The molecule has 1 nitrogen and oxygen atoms in total. The van der Waals surface area contributed by atoms with Gasteiger partial charge in [-0.1, -0.05) is 24.8 Å². The van der Waals surface area contributed by atoms with Gasteiger partial charge in [0.25, 0.3) is 0 Å². The maximum absolute atomic E-state index is 5.56. The predicted octanol–water partition coefficient (Wildman–Crippen LogP) is 2.29. The summed E-state index contributed by atoms with van der Waals surface area (Å²) in [6.07, 6.45) is 9.28. The van der Waals surface area contributed by atoms with Gasteiger partial charge in [-0.3, -0.25) is 0 Å². The summed E-state index contributed by atoms with van der Waals surface area (Å²) in [5, 5.41) is 0. The number of rotatable bonds is 3. The third kappa shape index (κ3) is 2.46. The highest BCUT2D eigenvalue weighted by Crippen LogP contribution is 2.22. The molecule has 11 heavy (non-hydrogen) atoms. The molecule has 2 N–H and O–H groups in total. The summed E-state index contributed by atoms with van der Waals surface area (Å²) in [6, 6.07) is 0. The minimum Gasteiger partial charge on any atom is -0.399 e. The average Bonchev–Trinajstić information content (AvgIpc) is 2.70. The molecule has 1 aliphatic rings. The van der Waals surface area contributed by atoms with Gasteiger partial charge in [-0.05, 0) is 30.6 Å². The molecule has 0 heterocycles. The Morgan fingerprint density at radius 3 is 2.73 bits per heavy atom. The van der Waals surface area contributed by atoms with Crippen LogP contribution in [0.2, 0.25) is 0 Å². The van der Waals surface area contributed by atoms with Crippen molar-refractivity contribution in [1.29, 1.82) is 0 Å². The quantitative estimate of drug-likeness (QED) is 0.609. The highest BCUT2D eigenvalue weighted by molar-refractivity contribution is 5.46. The molecule has 0 bridgehead atoms. The van der Waals surface area contributed by atoms with E-state index < -0.39 is 0 Å². The maximum Gasteiger partial charge on any atom is 0.0314 e. The number of hydrogen-bond acceptors (Lipinski definition) is 1. The Morgan fingerprint density at radius 1 is 1.73 bits per heavy atom. The van der Waals surface area contributed by atoms with Crippen molar-refractivity contribution in [2.45, 2.75) is 13.3 Å². The van der Waals surface area contributed by atoms with E-state index in [1.807, 2.05) is 19.1 Å². The van der Waals surface area contributed by atoms with Gasteiger partial charge in [-0.15, -0.1) is 0 Å². The Balaban J connectivity index is 2.72. The smallest absolute Gasteiger partial charge is 0.0314 e. The van der Waals surface area contributed by atoms with E-state index in [1.54, 1.807) is 0 Å². The normalized spacial score (nSPS) is 16.8. The first-order chi connectivity index (χ1) is 5.24. The molecule has 0 unspecified atom stereocenters. The second-order valence-corrected chi connectivity index (χ2v) is 2.61. The molecule has 0 aliphatic heterocycles. The molecule has 0 aromatic rings. The zero-order valence-electron chi connectivity index (χ0n) is 6.80. The maximum atomic E-state index is 5.56. The minimum absolute atomic E-state index is 0.635. The van der Waals surface area contributed by atoms with Crippen molar-refractivity contribution < 1.29 is 0 Å². The molecule has 0 saturated heterocycles. The van der Waals surface area contributed by atoms with Crippen molar-refractivity contribution in [3.63, 3.8) is 0 Å². The number of nitrogens with two attached hydrogens (primary N) is 1. The van der Waals surface area contributed by atoms with Gasteiger partial charge in [0.2, 0.25) is 0 Å². The van der Waals surface area contributed by atoms with Crippen LogP contribution in [0.1, 0.15) is 13.3 Å². The van der Waals surface area contributed by atoms with E-state index >= 15 is 0 Å². The largest absolute Gasteiger partial charge is 0.399 e. The second kappa shape index (κ2) is 3.24. The van der Waals surface area contributed by atoms with Crippen LogP contribution in [-0.2, 0) is 0 Å². The van der Waals surface area contributed by atoms with Crippen molar-refractivity contribution in [3.8, 4) is 0 Å². The first-order valence-electron chi connectivity index (χ1n) is 3.72. The van der Waals surface area contributed by atoms with Crippen LogP contribution in [0.3, 0.4) is 0 Å². The fourth-order valence-corrected chi connectivity index (χ4v) is 0.804. The van der Waals surface area contributed by atoms with E-state index in [0.717, 1.165) is 12.0 Å². The Bertz CT molecular complexity index is 254. The lowest BCUT2D eigenvalue weighted by Gasteiger charge is -1.97. The highest BCUT2D eigenvalue weighted by atomic mass is 14.6. The molecule has 58 valence electrons. The SMILES string of the molecule is C=C(N)C(/C=C\C)=C/C1=CC1. The van der Waals surface area contributed by atoms with Crippen LogP contribution >= 0.6 is 0 Å². The van der Waals surface area contributed by atoms with Crippen molar-refractivity contribution >= 4 is 0 Å². The van der Waals surface area contributed by atoms with Crippen LogP contribution in [0.5, 0.6) is 0 Å². The lowest BCUT2D eigenvalue weighted by molar-refractivity contribution is 1.36. The minimum atomic E-state index is 0.635. The highest BCUT2D eigenvalue weighted by Gasteiger charge is 2.04. The average molecular weight is 147 g/mol. The molecule has 0 amide bonds. The summed E-state index contributed by atoms with van der Waals surface area (Å²) >= 11 is 0. The van der Waals surface area contributed by atoms with E-state index in [9.17, 15) is 0 Å². The van der Waals surface area contributed by atoms with Crippen molar-refractivity contribution in [2.75, 3.05) is 0 Å². The van der Waals surface area contributed by atoms with Crippen LogP contribution in [0, 0.1) is 0 Å². The molecule has 0 aromatic carbocycles. The van der Waals surface area contributed by atoms with Crippen LogP contribution < -0.4 is 5.73 Å². The predicted molar refractivity (Wildman–Crippen MR) is 48.9 cm³/mol. The van der Waals surface area contributed by atoms with Crippen LogP contribution in [0.4, 0.5) is 0 Å². The van der Waals surface area contributed by atoms with Gasteiger partial charge >= 0.3 is 0 Å². The molecular weight excluding hydrogens is 134 g/mol. The van der Waals surface area contributed by atoms with Crippen LogP contribution in [0.15, 0.2) is 47.7 Å². The van der Waals surface area contributed by atoms with Crippen molar-refractivity contribution in [2.24, 2.45) is 5.73 Å². The van der Waals surface area contributed by atoms with E-state index in [4.69, 9.17) is 5.73 Å². The number of allylic oxidation sites excluding steroid dienone is 5. The van der Waals surface area contributed by atoms with Gasteiger partial charge in [-0.2, -0.15) is 0 Å². The molecule has 0 aromatic heterocycles. The lowest BCUT2D eigenvalue weighted by Crippen LogP contribution is -1.96. The van der Waals surface area contributed by atoms with Gasteiger partial charge in [0.05, 0.1) is 0 Å². The van der Waals surface area contributed by atoms with E-state index in [-0.39, 0.29) is 0 Å². The summed E-state index contributed by atoms with van der Waals surface area (Å²) in [7, 11) is 0. The molecular formula is C10H13N. The zero-order valence-corrected chi connectivity index (χ0v) is 6.80. The standard InChI is InChI=1S/C10H13N/c1-3-4-10(8(2)11)7-9-5-6-9/h3-5,7H,2,6,11H2,1H3/b4-3-,10-7+. The van der Waals surface area contributed by atoms with E-state index in [2.05, 4.69) is 18.7 Å². The first-order valence-corrected chi connectivity index (χ1v) is 3.72. The molecule has 0 radical (unpaired) electrons. The van der Waals surface area contributed by atoms with Gasteiger partial charge in [0, 0.05) is 5.70 Å². The van der Waals surface area contributed by atoms with Crippen molar-refractivity contribution in [1.82, 2.24) is 0 Å². The summed E-state index contributed by atoms with van der Waals surface area (Å²) in [4.78, 5) is 0. The van der Waals surface area contributed by atoms with Gasteiger partial charge in [-0.25, -0.2) is 0 Å². The van der Waals surface area contributed by atoms with Crippen molar-refractivity contribution in [3.05, 3.63) is 47.7 Å². The molecule has 1 aliphatic carbocycles. The summed E-state index contributed by atoms with van der Waals surface area (Å²) in [5.41, 5.74) is 8.57. The summed E-state index contributed by atoms with van der Waals surface area (Å²) in [6.45, 7) is 5.66. The summed E-state index contributed by atoms with van der Waals surface area (Å²) in [5.74, 6) is 0. The molecule has 0 atom stereocenters. The van der Waals surface area contributed by atoms with E-state index in [1.165, 1.54) is 5.57 Å².